The van der Waals surface area contributed by atoms with Gasteiger partial charge >= 0.3 is 5.97 Å². The van der Waals surface area contributed by atoms with Crippen LogP contribution in [0.25, 0.3) is 0 Å². The molecule has 0 saturated carbocycles. The van der Waals surface area contributed by atoms with Gasteiger partial charge in [0.25, 0.3) is 0 Å². The van der Waals surface area contributed by atoms with Crippen molar-refractivity contribution in [2.24, 2.45) is 5.41 Å². The summed E-state index contributed by atoms with van der Waals surface area (Å²) in [7, 11) is 0. The van der Waals surface area contributed by atoms with Crippen LogP contribution in [-0.4, -0.2) is 51.4 Å². The zero-order valence-corrected chi connectivity index (χ0v) is 18.0. The summed E-state index contributed by atoms with van der Waals surface area (Å²) in [5.41, 5.74) is 3.65. The summed E-state index contributed by atoms with van der Waals surface area (Å²) in [5, 5.41) is 8.93. The first-order valence-corrected chi connectivity index (χ1v) is 11.2. The summed E-state index contributed by atoms with van der Waals surface area (Å²) in [4.78, 5) is 32.9. The fourth-order valence-electron chi connectivity index (χ4n) is 5.17. The largest absolute Gasteiger partial charge is 0.481 e. The average molecular weight is 422 g/mol. The molecule has 1 aromatic heterocycles. The number of amides is 1. The van der Waals surface area contributed by atoms with Crippen LogP contribution in [0, 0.1) is 5.41 Å². The number of likely N-dealkylation sites (tertiary alicyclic amines) is 1. The summed E-state index contributed by atoms with van der Waals surface area (Å²) in [6, 6.07) is 14.5. The van der Waals surface area contributed by atoms with Crippen LogP contribution in [0.15, 0.2) is 48.7 Å². The summed E-state index contributed by atoms with van der Waals surface area (Å²) < 4.78 is 0. The molecule has 1 fully saturated rings. The van der Waals surface area contributed by atoms with Gasteiger partial charge in [0.1, 0.15) is 0 Å². The van der Waals surface area contributed by atoms with Crippen LogP contribution in [0.5, 0.6) is 0 Å². The Bertz CT molecular complexity index is 917. The summed E-state index contributed by atoms with van der Waals surface area (Å²) in [6.07, 6.45) is 5.75. The van der Waals surface area contributed by atoms with Crippen molar-refractivity contribution < 1.29 is 14.7 Å². The van der Waals surface area contributed by atoms with Crippen LogP contribution in [0.4, 0.5) is 0 Å². The lowest BCUT2D eigenvalue weighted by Crippen LogP contribution is -2.50. The Kier molecular flexibility index (Phi) is 6.66. The topological polar surface area (TPSA) is 73.7 Å². The number of carbonyl (C=O) groups excluding carboxylic acids is 1. The fraction of sp³-hybridized carbons (Fsp3) is 0.480. The van der Waals surface area contributed by atoms with Gasteiger partial charge in [-0.1, -0.05) is 30.3 Å². The van der Waals surface area contributed by atoms with Gasteiger partial charge in [-0.3, -0.25) is 19.5 Å². The number of aliphatic carboxylic acids is 1. The number of fused-ring (bicyclic) bond motifs is 1. The van der Waals surface area contributed by atoms with Crippen LogP contribution in [-0.2, 0) is 29.1 Å². The normalized spacial score (nSPS) is 21.5. The van der Waals surface area contributed by atoms with Gasteiger partial charge in [0.05, 0.1) is 5.69 Å². The molecule has 6 nitrogen and oxygen atoms in total. The highest BCUT2D eigenvalue weighted by molar-refractivity contribution is 5.77. The Morgan fingerprint density at radius 2 is 1.84 bits per heavy atom. The quantitative estimate of drug-likeness (QED) is 0.773. The van der Waals surface area contributed by atoms with Crippen molar-refractivity contribution >= 4 is 11.9 Å². The van der Waals surface area contributed by atoms with E-state index >= 15 is 0 Å². The average Bonchev–Trinajstić information content (AvgIpc) is 2.90. The molecule has 2 aromatic rings. The van der Waals surface area contributed by atoms with E-state index in [1.165, 1.54) is 11.1 Å². The van der Waals surface area contributed by atoms with E-state index in [1.807, 2.05) is 29.3 Å². The smallest absolute Gasteiger partial charge is 0.303 e. The molecule has 1 N–H and O–H groups in total. The first-order valence-electron chi connectivity index (χ1n) is 11.2. The standard InChI is InChI=1S/C25H31N3O3/c29-23(10-5-11-24(30)31)28-16-21-8-2-1-7-20(21)15-25(19-28)12-6-14-27(18-25)17-22-9-3-4-13-26-22/h1-4,7-9,13H,5-6,10-12,14-19H2,(H,30,31). The zero-order chi connectivity index (χ0) is 21.7. The van der Waals surface area contributed by atoms with Crippen LogP contribution in [0.2, 0.25) is 0 Å². The predicted octanol–water partition coefficient (Wildman–Crippen LogP) is 3.50. The minimum atomic E-state index is -0.845. The molecule has 2 aliphatic heterocycles. The number of carbonyl (C=O) groups is 2. The van der Waals surface area contributed by atoms with Gasteiger partial charge in [-0.2, -0.15) is 0 Å². The lowest BCUT2D eigenvalue weighted by Gasteiger charge is -2.44. The number of carboxylic acid groups (broad SMARTS) is 1. The monoisotopic (exact) mass is 421 g/mol. The number of pyridine rings is 1. The van der Waals surface area contributed by atoms with Gasteiger partial charge < -0.3 is 10.0 Å². The van der Waals surface area contributed by atoms with Gasteiger partial charge in [-0.05, 0) is 55.5 Å². The number of hydrogen-bond donors (Lipinski definition) is 1. The molecule has 6 heteroatoms. The molecule has 2 aliphatic rings. The number of nitrogens with zero attached hydrogens (tertiary/aromatic N) is 3. The number of rotatable bonds is 6. The molecule has 1 unspecified atom stereocenters. The molecular weight excluding hydrogens is 390 g/mol. The molecule has 0 aliphatic carbocycles. The maximum atomic E-state index is 13.1. The summed E-state index contributed by atoms with van der Waals surface area (Å²) in [6.45, 7) is 4.16. The molecule has 1 saturated heterocycles. The van der Waals surface area contributed by atoms with E-state index < -0.39 is 5.97 Å². The molecule has 0 bridgehead atoms. The Hall–Kier alpha value is -2.73. The Balaban J connectivity index is 1.53. The third-order valence-corrected chi connectivity index (χ3v) is 6.56. The van der Waals surface area contributed by atoms with E-state index in [0.29, 0.717) is 19.4 Å². The van der Waals surface area contributed by atoms with Crippen molar-refractivity contribution in [3.05, 3.63) is 65.5 Å². The Labute approximate surface area is 183 Å². The molecule has 31 heavy (non-hydrogen) atoms. The molecule has 1 spiro atoms. The van der Waals surface area contributed by atoms with E-state index in [1.54, 1.807) is 0 Å². The van der Waals surface area contributed by atoms with E-state index in [2.05, 4.69) is 34.1 Å². The second kappa shape index (κ2) is 9.60. The van der Waals surface area contributed by atoms with Crippen molar-refractivity contribution in [2.75, 3.05) is 19.6 Å². The first-order chi connectivity index (χ1) is 15.0. The Morgan fingerprint density at radius 1 is 1.03 bits per heavy atom. The summed E-state index contributed by atoms with van der Waals surface area (Å²) in [5.74, 6) is -0.776. The highest BCUT2D eigenvalue weighted by Crippen LogP contribution is 2.39. The van der Waals surface area contributed by atoms with E-state index in [0.717, 1.165) is 51.1 Å². The van der Waals surface area contributed by atoms with Gasteiger partial charge in [0.15, 0.2) is 0 Å². The molecule has 1 atom stereocenters. The number of carboxylic acids is 1. The van der Waals surface area contributed by atoms with Crippen molar-refractivity contribution in [3.8, 4) is 0 Å². The molecular formula is C25H31N3O3. The lowest BCUT2D eigenvalue weighted by atomic mass is 9.74. The summed E-state index contributed by atoms with van der Waals surface area (Å²) >= 11 is 0. The minimum Gasteiger partial charge on any atom is -0.481 e. The van der Waals surface area contributed by atoms with Crippen LogP contribution >= 0.6 is 0 Å². The second-order valence-corrected chi connectivity index (χ2v) is 9.08. The van der Waals surface area contributed by atoms with Crippen molar-refractivity contribution in [1.29, 1.82) is 0 Å². The predicted molar refractivity (Wildman–Crippen MR) is 118 cm³/mol. The third-order valence-electron chi connectivity index (χ3n) is 6.56. The number of aromatic nitrogens is 1. The zero-order valence-electron chi connectivity index (χ0n) is 18.0. The van der Waals surface area contributed by atoms with E-state index in [4.69, 9.17) is 5.11 Å². The van der Waals surface area contributed by atoms with E-state index in [-0.39, 0.29) is 17.7 Å². The molecule has 1 amide bonds. The van der Waals surface area contributed by atoms with Crippen molar-refractivity contribution in [2.45, 2.75) is 51.6 Å². The maximum absolute atomic E-state index is 13.1. The Morgan fingerprint density at radius 3 is 2.61 bits per heavy atom. The number of piperidine rings is 1. The van der Waals surface area contributed by atoms with Crippen LogP contribution < -0.4 is 0 Å². The van der Waals surface area contributed by atoms with Crippen molar-refractivity contribution in [1.82, 2.24) is 14.8 Å². The highest BCUT2D eigenvalue weighted by atomic mass is 16.4. The molecule has 3 heterocycles. The number of benzene rings is 1. The first kappa shape index (κ1) is 21.5. The van der Waals surface area contributed by atoms with E-state index in [9.17, 15) is 9.59 Å². The molecule has 0 radical (unpaired) electrons. The minimum absolute atomic E-state index is 0.0160. The molecule has 164 valence electrons. The third kappa shape index (κ3) is 5.50. The van der Waals surface area contributed by atoms with Gasteiger partial charge in [0.2, 0.25) is 5.91 Å². The van der Waals surface area contributed by atoms with Crippen molar-refractivity contribution in [3.63, 3.8) is 0 Å². The van der Waals surface area contributed by atoms with Gasteiger partial charge in [0, 0.05) is 50.6 Å². The molecule has 4 rings (SSSR count). The van der Waals surface area contributed by atoms with Gasteiger partial charge in [-0.25, -0.2) is 0 Å². The molecule has 1 aromatic carbocycles. The highest BCUT2D eigenvalue weighted by Gasteiger charge is 2.40. The SMILES string of the molecule is O=C(O)CCCC(=O)N1Cc2ccccc2CC2(CCCN(Cc3ccccn3)C2)C1. The van der Waals surface area contributed by atoms with Crippen LogP contribution in [0.1, 0.15) is 48.9 Å². The van der Waals surface area contributed by atoms with Crippen LogP contribution in [0.3, 0.4) is 0 Å². The van der Waals surface area contributed by atoms with Gasteiger partial charge in [-0.15, -0.1) is 0 Å². The number of hydrogen-bond acceptors (Lipinski definition) is 4. The fourth-order valence-corrected chi connectivity index (χ4v) is 5.17. The lowest BCUT2D eigenvalue weighted by molar-refractivity contribution is -0.137. The maximum Gasteiger partial charge on any atom is 0.303 e. The second-order valence-electron chi connectivity index (χ2n) is 9.08.